The third-order valence-corrected chi connectivity index (χ3v) is 17.2. The van der Waals surface area contributed by atoms with Crippen LogP contribution in [0, 0.1) is 0 Å². The number of hydrogen-bond donors (Lipinski definition) is 2. The van der Waals surface area contributed by atoms with Gasteiger partial charge in [0.2, 0.25) is 0 Å². The van der Waals surface area contributed by atoms with Crippen LogP contribution in [0.3, 0.4) is 0 Å². The van der Waals surface area contributed by atoms with E-state index >= 15 is 0 Å². The van der Waals surface area contributed by atoms with Gasteiger partial charge >= 0.3 is 19.8 Å². The van der Waals surface area contributed by atoms with Gasteiger partial charge in [-0.05, 0) is 77.0 Å². The van der Waals surface area contributed by atoms with Crippen molar-refractivity contribution in [3.05, 3.63) is 97.2 Å². The van der Waals surface area contributed by atoms with E-state index < -0.39 is 26.5 Å². The second kappa shape index (κ2) is 73.0. The second-order valence-electron chi connectivity index (χ2n) is 24.8. The number of phosphoric ester groups is 1. The molecule has 9 nitrogen and oxygen atoms in total. The number of rotatable bonds is 70. The van der Waals surface area contributed by atoms with Crippen molar-refractivity contribution in [1.82, 2.24) is 0 Å². The highest BCUT2D eigenvalue weighted by atomic mass is 31.2. The smallest absolute Gasteiger partial charge is 0.462 e. The van der Waals surface area contributed by atoms with Crippen LogP contribution in [0.1, 0.15) is 354 Å². The maximum atomic E-state index is 12.8. The average molecular weight is 1250 g/mol. The van der Waals surface area contributed by atoms with E-state index in [9.17, 15) is 19.0 Å². The first-order chi connectivity index (χ1) is 43.3. The number of esters is 2. The maximum Gasteiger partial charge on any atom is 0.472 e. The molecule has 0 aromatic rings. The molecule has 10 heteroatoms. The highest BCUT2D eigenvalue weighted by molar-refractivity contribution is 7.47. The molecule has 0 spiro atoms. The lowest BCUT2D eigenvalue weighted by atomic mass is 10.0. The van der Waals surface area contributed by atoms with Crippen molar-refractivity contribution in [2.24, 2.45) is 5.73 Å². The first-order valence-corrected chi connectivity index (χ1v) is 38.7. The molecule has 0 fully saturated rings. The second-order valence-corrected chi connectivity index (χ2v) is 26.2. The van der Waals surface area contributed by atoms with E-state index in [-0.39, 0.29) is 38.6 Å². The number of carbonyl (C=O) groups excluding carboxylic acids is 2. The molecule has 0 aliphatic heterocycles. The Balaban J connectivity index is 3.86. The zero-order valence-corrected chi connectivity index (χ0v) is 58.3. The van der Waals surface area contributed by atoms with E-state index in [1.165, 1.54) is 231 Å². The van der Waals surface area contributed by atoms with Gasteiger partial charge < -0.3 is 20.1 Å². The fraction of sp³-hybridized carbons (Fsp3) is 0.769. The third kappa shape index (κ3) is 72.0. The van der Waals surface area contributed by atoms with Crippen LogP contribution in [-0.4, -0.2) is 49.3 Å². The van der Waals surface area contributed by atoms with Gasteiger partial charge in [-0.1, -0.05) is 361 Å². The monoisotopic (exact) mass is 1250 g/mol. The van der Waals surface area contributed by atoms with Crippen LogP contribution >= 0.6 is 7.82 Å². The molecule has 0 aliphatic rings. The lowest BCUT2D eigenvalue weighted by Crippen LogP contribution is -2.29. The van der Waals surface area contributed by atoms with E-state index in [2.05, 4.69) is 111 Å². The Bertz CT molecular complexity index is 1770. The molecule has 0 rings (SSSR count). The van der Waals surface area contributed by atoms with Crippen molar-refractivity contribution >= 4 is 19.8 Å². The summed E-state index contributed by atoms with van der Waals surface area (Å²) < 4.78 is 33.2. The Labute approximate surface area is 544 Å². The molecule has 0 bridgehead atoms. The van der Waals surface area contributed by atoms with E-state index in [4.69, 9.17) is 24.3 Å². The van der Waals surface area contributed by atoms with Crippen LogP contribution in [0.2, 0.25) is 0 Å². The molecule has 0 aromatic carbocycles. The lowest BCUT2D eigenvalue weighted by molar-refractivity contribution is -0.161. The molecule has 0 aliphatic carbocycles. The van der Waals surface area contributed by atoms with Gasteiger partial charge in [0.05, 0.1) is 13.2 Å². The Morgan fingerprint density at radius 1 is 0.352 bits per heavy atom. The Morgan fingerprint density at radius 2 is 0.625 bits per heavy atom. The topological polar surface area (TPSA) is 134 Å². The lowest BCUT2D eigenvalue weighted by Gasteiger charge is -2.19. The summed E-state index contributed by atoms with van der Waals surface area (Å²) in [6, 6.07) is 0. The summed E-state index contributed by atoms with van der Waals surface area (Å²) in [6.45, 7) is 3.68. The first kappa shape index (κ1) is 84.9. The number of carbonyl (C=O) groups is 2. The van der Waals surface area contributed by atoms with Crippen LogP contribution < -0.4 is 5.73 Å². The zero-order chi connectivity index (χ0) is 63.7. The number of ether oxygens (including phenoxy) is 2. The fourth-order valence-corrected chi connectivity index (χ4v) is 11.5. The average Bonchev–Trinajstić information content (AvgIpc) is 3.60. The molecule has 0 radical (unpaired) electrons. The van der Waals surface area contributed by atoms with Gasteiger partial charge in [-0.2, -0.15) is 0 Å². The summed E-state index contributed by atoms with van der Waals surface area (Å²) in [7, 11) is -4.40. The zero-order valence-electron chi connectivity index (χ0n) is 57.4. The quantitative estimate of drug-likeness (QED) is 0.0264. The van der Waals surface area contributed by atoms with Gasteiger partial charge in [0.15, 0.2) is 6.10 Å². The molecule has 0 heterocycles. The van der Waals surface area contributed by atoms with Gasteiger partial charge in [0.1, 0.15) is 6.61 Å². The molecule has 3 N–H and O–H groups in total. The summed E-state index contributed by atoms with van der Waals surface area (Å²) in [5, 5.41) is 0. The Morgan fingerprint density at radius 3 is 0.932 bits per heavy atom. The Hall–Kier alpha value is -3.07. The Kier molecular flexibility index (Phi) is 70.4. The van der Waals surface area contributed by atoms with Crippen LogP contribution in [0.5, 0.6) is 0 Å². The van der Waals surface area contributed by atoms with Gasteiger partial charge in [-0.25, -0.2) is 4.57 Å². The van der Waals surface area contributed by atoms with E-state index in [0.29, 0.717) is 6.42 Å². The SMILES string of the molecule is CC/C=C\C/C=C\C/C=C\C/C=C\C/C=C\C/C=C\C/C=C\C/C=C\CCCCCCCCCCCCCCC(=O)OC(COC(=O)CCCCCCCCCCCCCCCCCCCCCCCCCCCCCCCC)COP(=O)(O)OCCN. The number of nitrogens with two attached hydrogens (primary N) is 1. The molecular weight excluding hydrogens is 1110 g/mol. The van der Waals surface area contributed by atoms with Gasteiger partial charge in [-0.3, -0.25) is 18.6 Å². The minimum atomic E-state index is -4.40. The largest absolute Gasteiger partial charge is 0.472 e. The summed E-state index contributed by atoms with van der Waals surface area (Å²) in [4.78, 5) is 35.4. The molecule has 2 unspecified atom stereocenters. The highest BCUT2D eigenvalue weighted by Gasteiger charge is 2.26. The van der Waals surface area contributed by atoms with Crippen molar-refractivity contribution in [3.63, 3.8) is 0 Å². The summed E-state index contributed by atoms with van der Waals surface area (Å²) >= 11 is 0. The molecule has 0 aromatic heterocycles. The number of allylic oxidation sites excluding steroid dienone is 16. The molecule has 0 saturated heterocycles. The van der Waals surface area contributed by atoms with Crippen molar-refractivity contribution in [3.8, 4) is 0 Å². The molecule has 2 atom stereocenters. The van der Waals surface area contributed by atoms with Crippen LogP contribution in [0.25, 0.3) is 0 Å². The number of hydrogen-bond acceptors (Lipinski definition) is 8. The van der Waals surface area contributed by atoms with Gasteiger partial charge in [-0.15, -0.1) is 0 Å². The van der Waals surface area contributed by atoms with Crippen LogP contribution in [-0.2, 0) is 32.7 Å². The minimum absolute atomic E-state index is 0.0516. The van der Waals surface area contributed by atoms with Crippen LogP contribution in [0.15, 0.2) is 97.2 Å². The van der Waals surface area contributed by atoms with E-state index in [0.717, 1.165) is 89.9 Å². The molecular formula is C78H140NO8P. The molecule has 0 saturated carbocycles. The summed E-state index contributed by atoms with van der Waals surface area (Å²) in [5.41, 5.74) is 5.41. The normalized spacial score (nSPS) is 13.5. The first-order valence-electron chi connectivity index (χ1n) is 37.2. The van der Waals surface area contributed by atoms with Gasteiger partial charge in [0.25, 0.3) is 0 Å². The van der Waals surface area contributed by atoms with Crippen molar-refractivity contribution in [2.45, 2.75) is 360 Å². The summed E-state index contributed by atoms with van der Waals surface area (Å²) in [5.74, 6) is -0.817. The van der Waals surface area contributed by atoms with Crippen molar-refractivity contribution < 1.29 is 37.6 Å². The van der Waals surface area contributed by atoms with Crippen molar-refractivity contribution in [2.75, 3.05) is 26.4 Å². The maximum absolute atomic E-state index is 12.8. The number of unbranched alkanes of at least 4 members (excludes halogenated alkanes) is 41. The van der Waals surface area contributed by atoms with Crippen LogP contribution in [0.4, 0.5) is 0 Å². The minimum Gasteiger partial charge on any atom is -0.462 e. The summed E-state index contributed by atoms with van der Waals surface area (Å²) in [6.07, 6.45) is 99.5. The van der Waals surface area contributed by atoms with E-state index in [1.54, 1.807) is 0 Å². The molecule has 88 heavy (non-hydrogen) atoms. The van der Waals surface area contributed by atoms with E-state index in [1.807, 2.05) is 0 Å². The fourth-order valence-electron chi connectivity index (χ4n) is 10.8. The molecule has 510 valence electrons. The standard InChI is InChI=1S/C78H140NO8P/c1-3-5-7-9-11-13-15-17-19-21-23-25-27-29-31-33-35-36-37-38-39-40-41-43-45-47-49-51-53-55-57-59-61-63-65-67-69-71-78(81)87-76(75-86-88(82,83)85-73-72-79)74-84-77(80)70-68-66-64-62-60-58-56-54-52-50-48-46-44-42-34-32-30-28-26-24-22-20-18-16-14-12-10-8-6-4-2/h5,7,11,13,17,19,23,25,29,31,35-36,38-39,41,43,76H,3-4,6,8-10,12,14-16,18,20-22,24,26-28,30,32-34,37,40,42,44-75,79H2,1-2H3,(H,82,83)/b7-5-,13-11-,19-17-,25-23-,31-29-,36-35-,39-38-,43-41-. The van der Waals surface area contributed by atoms with Gasteiger partial charge in [0, 0.05) is 19.4 Å². The number of phosphoric acid groups is 1. The third-order valence-electron chi connectivity index (χ3n) is 16.2. The predicted octanol–water partition coefficient (Wildman–Crippen LogP) is 24.7. The molecule has 0 amide bonds. The highest BCUT2D eigenvalue weighted by Crippen LogP contribution is 2.43. The van der Waals surface area contributed by atoms with Crippen molar-refractivity contribution in [1.29, 1.82) is 0 Å². The predicted molar refractivity (Wildman–Crippen MR) is 381 cm³/mol.